The summed E-state index contributed by atoms with van der Waals surface area (Å²) in [5, 5.41) is 22.4. The minimum atomic E-state index is -0.470. The van der Waals surface area contributed by atoms with Gasteiger partial charge in [-0.1, -0.05) is 6.92 Å². The lowest BCUT2D eigenvalue weighted by Crippen LogP contribution is -2.51. The molecule has 0 bridgehead atoms. The summed E-state index contributed by atoms with van der Waals surface area (Å²) in [7, 11) is 0. The summed E-state index contributed by atoms with van der Waals surface area (Å²) in [5.41, 5.74) is -0.163. The lowest BCUT2D eigenvalue weighted by atomic mass is 9.49. The predicted molar refractivity (Wildman–Crippen MR) is 117 cm³/mol. The topological polar surface area (TPSA) is 98.9 Å². The summed E-state index contributed by atoms with van der Waals surface area (Å²) < 4.78 is 0. The average Bonchev–Trinajstić information content (AvgIpc) is 3.10. The number of carbonyl (C=O) groups excluding carboxylic acids is 1. The Bertz CT molecular complexity index is 892. The number of rotatable bonds is 2. The van der Waals surface area contributed by atoms with Crippen molar-refractivity contribution in [3.05, 3.63) is 18.1 Å². The van der Waals surface area contributed by atoms with Crippen LogP contribution in [0.5, 0.6) is 0 Å². The lowest BCUT2D eigenvalue weighted by molar-refractivity contribution is -0.129. The van der Waals surface area contributed by atoms with Crippen LogP contribution in [0.15, 0.2) is 12.4 Å². The summed E-state index contributed by atoms with van der Waals surface area (Å²) in [4.78, 5) is 21.4. The molecule has 5 rings (SSSR count). The minimum Gasteiger partial charge on any atom is -0.390 e. The van der Waals surface area contributed by atoms with E-state index in [1.807, 2.05) is 13.0 Å². The maximum Gasteiger partial charge on any atom is 0.229 e. The van der Waals surface area contributed by atoms with E-state index >= 15 is 0 Å². The van der Waals surface area contributed by atoms with Gasteiger partial charge in [0.1, 0.15) is 6.07 Å². The van der Waals surface area contributed by atoms with E-state index < -0.39 is 5.60 Å². The van der Waals surface area contributed by atoms with E-state index in [1.165, 1.54) is 38.1 Å². The van der Waals surface area contributed by atoms with Gasteiger partial charge in [-0.15, -0.1) is 0 Å². The molecule has 4 aliphatic rings. The number of amides is 1. The van der Waals surface area contributed by atoms with E-state index in [0.29, 0.717) is 17.7 Å². The molecule has 0 radical (unpaired) electrons. The van der Waals surface area contributed by atoms with Crippen molar-refractivity contribution in [1.82, 2.24) is 9.97 Å². The van der Waals surface area contributed by atoms with Crippen LogP contribution in [0.1, 0.15) is 77.3 Å². The molecule has 8 atom stereocenters. The van der Waals surface area contributed by atoms with Gasteiger partial charge in [-0.2, -0.15) is 5.26 Å². The van der Waals surface area contributed by atoms with Gasteiger partial charge >= 0.3 is 0 Å². The highest BCUT2D eigenvalue weighted by molar-refractivity contribution is 5.92. The highest BCUT2D eigenvalue weighted by Crippen LogP contribution is 2.64. The zero-order chi connectivity index (χ0) is 21.8. The number of aliphatic hydroxyl groups is 1. The number of hydrogen-bond acceptors (Lipinski definition) is 5. The number of nitrogens with zero attached hydrogens (tertiary/aromatic N) is 3. The van der Waals surface area contributed by atoms with Crippen LogP contribution in [0.25, 0.3) is 0 Å². The molecule has 31 heavy (non-hydrogen) atoms. The summed E-state index contributed by atoms with van der Waals surface area (Å²) in [5.74, 6) is 4.09. The lowest BCUT2D eigenvalue weighted by Gasteiger charge is -2.56. The molecule has 1 aromatic heterocycles. The van der Waals surface area contributed by atoms with Crippen LogP contribution >= 0.6 is 0 Å². The number of nitrogens with one attached hydrogen (secondary N) is 1. The highest BCUT2D eigenvalue weighted by atomic mass is 16.3. The fourth-order valence-corrected chi connectivity index (χ4v) is 8.18. The summed E-state index contributed by atoms with van der Waals surface area (Å²) in [6.07, 6.45) is 12.9. The van der Waals surface area contributed by atoms with Crippen LogP contribution < -0.4 is 5.32 Å². The molecule has 0 saturated heterocycles. The second-order valence-corrected chi connectivity index (χ2v) is 11.2. The fraction of sp³-hybridized carbons (Fsp3) is 0.760. The zero-order valence-corrected chi connectivity index (χ0v) is 18.7. The molecule has 4 fully saturated rings. The average molecular weight is 423 g/mol. The van der Waals surface area contributed by atoms with Gasteiger partial charge in [0.2, 0.25) is 5.91 Å². The summed E-state index contributed by atoms with van der Waals surface area (Å²) in [6.45, 7) is 4.37. The van der Waals surface area contributed by atoms with E-state index in [4.69, 9.17) is 5.26 Å². The quantitative estimate of drug-likeness (QED) is 0.740. The fourth-order valence-electron chi connectivity index (χ4n) is 8.18. The Kier molecular flexibility index (Phi) is 5.08. The van der Waals surface area contributed by atoms with Gasteiger partial charge in [0.15, 0.2) is 11.5 Å². The van der Waals surface area contributed by atoms with Gasteiger partial charge in [0, 0.05) is 5.92 Å². The second kappa shape index (κ2) is 7.55. The van der Waals surface area contributed by atoms with Crippen molar-refractivity contribution in [2.45, 2.75) is 77.2 Å². The Morgan fingerprint density at radius 3 is 2.61 bits per heavy atom. The molecule has 166 valence electrons. The molecular formula is C25H34N4O2. The Labute approximate surface area is 184 Å². The van der Waals surface area contributed by atoms with E-state index in [2.05, 4.69) is 22.2 Å². The van der Waals surface area contributed by atoms with E-state index in [-0.39, 0.29) is 22.9 Å². The molecule has 0 spiro atoms. The third kappa shape index (κ3) is 3.55. The molecule has 1 amide bonds. The second-order valence-electron chi connectivity index (χ2n) is 11.2. The van der Waals surface area contributed by atoms with Crippen molar-refractivity contribution in [2.24, 2.45) is 40.9 Å². The van der Waals surface area contributed by atoms with Crippen molar-refractivity contribution in [3.8, 4) is 6.07 Å². The first-order valence-electron chi connectivity index (χ1n) is 12.1. The van der Waals surface area contributed by atoms with Crippen LogP contribution in [-0.4, -0.2) is 26.6 Å². The Hall–Kier alpha value is -2.00. The molecule has 0 aromatic carbocycles. The van der Waals surface area contributed by atoms with Crippen LogP contribution in [0.2, 0.25) is 0 Å². The predicted octanol–water partition coefficient (Wildman–Crippen LogP) is 4.31. The van der Waals surface area contributed by atoms with Crippen LogP contribution in [0, 0.1) is 52.3 Å². The highest BCUT2D eigenvalue weighted by Gasteiger charge is 2.58. The van der Waals surface area contributed by atoms with Crippen molar-refractivity contribution in [2.75, 3.05) is 5.32 Å². The molecule has 0 aliphatic heterocycles. The minimum absolute atomic E-state index is 0.0145. The smallest absolute Gasteiger partial charge is 0.229 e. The van der Waals surface area contributed by atoms with Crippen molar-refractivity contribution < 1.29 is 9.90 Å². The molecule has 4 aliphatic carbocycles. The van der Waals surface area contributed by atoms with Crippen molar-refractivity contribution >= 4 is 11.7 Å². The molecule has 4 saturated carbocycles. The molecule has 1 heterocycles. The Morgan fingerprint density at radius 1 is 1.06 bits per heavy atom. The molecule has 2 N–H and O–H groups in total. The van der Waals surface area contributed by atoms with Crippen LogP contribution in [0.3, 0.4) is 0 Å². The maximum absolute atomic E-state index is 13.2. The molecule has 1 aromatic rings. The van der Waals surface area contributed by atoms with E-state index in [1.54, 1.807) is 0 Å². The number of anilines is 1. The first kappa shape index (κ1) is 20.9. The molecule has 6 nitrogen and oxygen atoms in total. The van der Waals surface area contributed by atoms with Crippen LogP contribution in [-0.2, 0) is 4.79 Å². The molecule has 6 heteroatoms. The van der Waals surface area contributed by atoms with Gasteiger partial charge < -0.3 is 10.4 Å². The third-order valence-corrected chi connectivity index (χ3v) is 9.57. The number of fused-ring (bicyclic) bond motifs is 5. The van der Waals surface area contributed by atoms with Gasteiger partial charge in [0.05, 0.1) is 18.0 Å². The normalized spacial score (nSPS) is 43.8. The molecule has 0 unspecified atom stereocenters. The van der Waals surface area contributed by atoms with E-state index in [9.17, 15) is 9.90 Å². The van der Waals surface area contributed by atoms with Crippen LogP contribution in [0.4, 0.5) is 5.82 Å². The van der Waals surface area contributed by atoms with Crippen molar-refractivity contribution in [1.29, 1.82) is 5.26 Å². The third-order valence-electron chi connectivity index (χ3n) is 9.57. The van der Waals surface area contributed by atoms with E-state index in [0.717, 1.165) is 49.9 Å². The zero-order valence-electron chi connectivity index (χ0n) is 18.7. The van der Waals surface area contributed by atoms with Gasteiger partial charge in [-0.25, -0.2) is 9.97 Å². The number of hydrogen-bond donors (Lipinski definition) is 2. The first-order chi connectivity index (χ1) is 14.8. The number of aromatic nitrogens is 2. The van der Waals surface area contributed by atoms with Gasteiger partial charge in [-0.05, 0) is 99.7 Å². The van der Waals surface area contributed by atoms with Gasteiger partial charge in [-0.3, -0.25) is 4.79 Å². The SMILES string of the molecule is C[C@@]1(O)CC[C@H]2[C@H](CC[C@@H]3[C@@H]2CC[C@]2(C)[C@@H](C(=O)Nc4cnc(C#N)cn4)CC[C@@H]32)C1. The number of nitriles is 1. The maximum atomic E-state index is 13.2. The molecular weight excluding hydrogens is 388 g/mol. The Morgan fingerprint density at radius 2 is 1.87 bits per heavy atom. The number of carbonyl (C=O) groups is 1. The van der Waals surface area contributed by atoms with Gasteiger partial charge in [0.25, 0.3) is 0 Å². The summed E-state index contributed by atoms with van der Waals surface area (Å²) in [6, 6.07) is 1.96. The largest absolute Gasteiger partial charge is 0.390 e. The first-order valence-corrected chi connectivity index (χ1v) is 12.1. The monoisotopic (exact) mass is 422 g/mol. The van der Waals surface area contributed by atoms with Crippen molar-refractivity contribution in [3.63, 3.8) is 0 Å². The summed E-state index contributed by atoms with van der Waals surface area (Å²) >= 11 is 0. The standard InChI is InChI=1S/C25H34N4O2/c1-24(31)9-7-17-15(11-24)3-4-19-18(17)8-10-25(2)20(19)5-6-21(25)23(30)29-22-14-27-16(12-26)13-28-22/h13-15,17-21,31H,3-11H2,1-2H3,(H,28,29,30)/t15-,17+,18-,19-,20+,21-,24-,25+/m1/s1. The Balaban J connectivity index is 1.29.